The van der Waals surface area contributed by atoms with Gasteiger partial charge in [-0.05, 0) is 84.2 Å². The minimum Gasteiger partial charge on any atom is -0.480 e. The fourth-order valence-electron chi connectivity index (χ4n) is 7.56. The average Bonchev–Trinajstić information content (AvgIpc) is 4.30. The largest absolute Gasteiger partial charge is 0.480 e. The lowest BCUT2D eigenvalue weighted by Crippen LogP contribution is -2.32. The first-order valence-electron chi connectivity index (χ1n) is 25.1. The fourth-order valence-corrected chi connectivity index (χ4v) is 8.41. The Kier molecular flexibility index (Phi) is 26.9. The quantitative estimate of drug-likeness (QED) is 0.0359. The van der Waals surface area contributed by atoms with Crippen LogP contribution in [0.3, 0.4) is 0 Å². The molecule has 23 heteroatoms. The molecule has 0 radical (unpaired) electrons. The highest BCUT2D eigenvalue weighted by Gasteiger charge is 2.22. The van der Waals surface area contributed by atoms with Gasteiger partial charge in [0.25, 0.3) is 0 Å². The third-order valence-electron chi connectivity index (χ3n) is 11.9. The SMILES string of the molecule is NC(Cc1ccc(C(=O)CC2OCCO2)cc1)C(=O)O.NC(Cc1ccc(CCC2OCCO2)cc1)C(=O)O.NC(Cc1ccc(NCC2OCCO2)cc1)C(=O)O.NC(Cc1ccc(SCC2OCCO2)cc1)C(=O)O. The van der Waals surface area contributed by atoms with Gasteiger partial charge >= 0.3 is 23.9 Å². The van der Waals surface area contributed by atoms with E-state index in [2.05, 4.69) is 5.32 Å². The highest BCUT2D eigenvalue weighted by molar-refractivity contribution is 7.99. The molecule has 77 heavy (non-hydrogen) atoms. The van der Waals surface area contributed by atoms with E-state index in [4.69, 9.17) is 81.3 Å². The van der Waals surface area contributed by atoms with Crippen molar-refractivity contribution in [3.05, 3.63) is 130 Å². The highest BCUT2D eigenvalue weighted by atomic mass is 32.2. The number of thioether (sulfide) groups is 1. The summed E-state index contributed by atoms with van der Waals surface area (Å²) < 4.78 is 42.5. The number of aryl methyl sites for hydroxylation is 1. The van der Waals surface area contributed by atoms with Crippen molar-refractivity contribution < 1.29 is 82.3 Å². The second-order valence-electron chi connectivity index (χ2n) is 18.0. The fraction of sp³-hybridized carbons (Fsp3) is 0.463. The van der Waals surface area contributed by atoms with Crippen molar-refractivity contribution in [3.8, 4) is 0 Å². The molecule has 420 valence electrons. The molecule has 4 aliphatic heterocycles. The number of rotatable bonds is 24. The number of Topliss-reactive ketones (excluding diaryl/α,β-unsaturated/α-hetero) is 1. The molecule has 4 aromatic carbocycles. The van der Waals surface area contributed by atoms with Crippen LogP contribution >= 0.6 is 11.8 Å². The molecule has 4 heterocycles. The first-order chi connectivity index (χ1) is 37.0. The molecule has 4 aromatic rings. The molecule has 0 saturated carbocycles. The van der Waals surface area contributed by atoms with Crippen molar-refractivity contribution in [1.29, 1.82) is 0 Å². The molecule has 4 aliphatic rings. The molecule has 0 aromatic heterocycles. The van der Waals surface area contributed by atoms with Gasteiger partial charge in [-0.2, -0.15) is 0 Å². The lowest BCUT2D eigenvalue weighted by molar-refractivity contribution is -0.139. The Labute approximate surface area is 450 Å². The Morgan fingerprint density at radius 2 is 0.792 bits per heavy atom. The van der Waals surface area contributed by atoms with Gasteiger partial charge in [-0.3, -0.25) is 24.0 Å². The predicted octanol–water partition coefficient (Wildman–Crippen LogP) is 3.07. The summed E-state index contributed by atoms with van der Waals surface area (Å²) in [4.78, 5) is 55.7. The molecule has 4 fully saturated rings. The first kappa shape index (κ1) is 61.9. The summed E-state index contributed by atoms with van der Waals surface area (Å²) in [6.07, 6.45) is 2.31. The zero-order valence-electron chi connectivity index (χ0n) is 42.7. The maximum atomic E-state index is 12.0. The summed E-state index contributed by atoms with van der Waals surface area (Å²) in [5.74, 6) is -3.29. The van der Waals surface area contributed by atoms with E-state index in [0.717, 1.165) is 51.4 Å². The van der Waals surface area contributed by atoms with E-state index in [9.17, 15) is 24.0 Å². The Morgan fingerprint density at radius 3 is 1.21 bits per heavy atom. The molecule has 22 nitrogen and oxygen atoms in total. The van der Waals surface area contributed by atoms with Crippen molar-refractivity contribution >= 4 is 47.1 Å². The molecule has 4 atom stereocenters. The third-order valence-corrected chi connectivity index (χ3v) is 13.0. The number of anilines is 1. The number of nitrogens with one attached hydrogen (secondary N) is 1. The molecule has 8 rings (SSSR count). The molecular formula is C54H71N5O17S. The number of hydrogen-bond acceptors (Lipinski definition) is 19. The van der Waals surface area contributed by atoms with Crippen molar-refractivity contribution in [2.75, 3.05) is 70.5 Å². The van der Waals surface area contributed by atoms with Gasteiger partial charge < -0.3 is 86.6 Å². The Morgan fingerprint density at radius 1 is 0.455 bits per heavy atom. The topological polar surface area (TPSA) is 356 Å². The molecule has 4 saturated heterocycles. The standard InChI is InChI=1S/C14H17NO5.C14H19NO4.C13H18N2O4.C13H17NO4S/c15-11(14(17)18)7-9-1-3-10(4-2-9)12(16)8-13-19-5-6-20-13;15-12(14(16)17)9-11-3-1-10(2-4-11)5-6-13-18-7-8-19-13;14-11(13(16)17)7-9-1-3-10(4-2-9)15-8-12-18-5-6-19-12;14-11(13(15)16)7-9-1-3-10(4-2-9)19-8-12-17-5-6-18-12/h1-4,11,13H,5-8,15H2,(H,17,18);1-4,12-13H,5-9,15H2,(H,16,17);1-4,11-12,15H,5-8,14H2,(H,16,17);1-4,11-12H,5-8,14H2,(H,15,16). The number of carbonyl (C=O) groups excluding carboxylic acids is 1. The number of benzene rings is 4. The summed E-state index contributed by atoms with van der Waals surface area (Å²) in [5.41, 5.74) is 28.1. The van der Waals surface area contributed by atoms with Crippen LogP contribution in [0.15, 0.2) is 102 Å². The second-order valence-corrected chi connectivity index (χ2v) is 19.1. The monoisotopic (exact) mass is 1090 g/mol. The number of carboxylic acid groups (broad SMARTS) is 4. The van der Waals surface area contributed by atoms with Crippen LogP contribution in [0.2, 0.25) is 0 Å². The third kappa shape index (κ3) is 23.7. The molecule has 0 aliphatic carbocycles. The highest BCUT2D eigenvalue weighted by Crippen LogP contribution is 2.23. The summed E-state index contributed by atoms with van der Waals surface area (Å²) >= 11 is 1.65. The number of ether oxygens (including phenoxy) is 8. The second kappa shape index (κ2) is 33.4. The van der Waals surface area contributed by atoms with Gasteiger partial charge in [0.2, 0.25) is 0 Å². The zero-order valence-corrected chi connectivity index (χ0v) is 43.5. The smallest absolute Gasteiger partial charge is 0.320 e. The molecule has 4 unspecified atom stereocenters. The number of nitrogens with two attached hydrogens (primary N) is 4. The van der Waals surface area contributed by atoms with Crippen molar-refractivity contribution in [3.63, 3.8) is 0 Å². The van der Waals surface area contributed by atoms with Gasteiger partial charge in [0, 0.05) is 28.3 Å². The summed E-state index contributed by atoms with van der Waals surface area (Å²) in [5, 5.41) is 38.2. The van der Waals surface area contributed by atoms with Crippen LogP contribution in [-0.2, 0) is 89.2 Å². The van der Waals surface area contributed by atoms with Crippen molar-refractivity contribution in [1.82, 2.24) is 0 Å². The van der Waals surface area contributed by atoms with E-state index >= 15 is 0 Å². The van der Waals surface area contributed by atoms with Gasteiger partial charge in [0.05, 0.1) is 65.8 Å². The normalized spacial score (nSPS) is 17.4. The minimum atomic E-state index is -1.04. The molecule has 13 N–H and O–H groups in total. The number of ketones is 1. The molecular weight excluding hydrogens is 1020 g/mol. The van der Waals surface area contributed by atoms with Gasteiger partial charge in [-0.25, -0.2) is 0 Å². The van der Waals surface area contributed by atoms with Crippen molar-refractivity contribution in [2.24, 2.45) is 22.9 Å². The van der Waals surface area contributed by atoms with Crippen molar-refractivity contribution in [2.45, 2.75) is 99.2 Å². The lowest BCUT2D eigenvalue weighted by Gasteiger charge is -2.12. The van der Waals surface area contributed by atoms with E-state index in [1.807, 2.05) is 72.8 Å². The van der Waals surface area contributed by atoms with Crippen LogP contribution < -0.4 is 28.3 Å². The van der Waals surface area contributed by atoms with Crippen LogP contribution in [0.4, 0.5) is 5.69 Å². The van der Waals surface area contributed by atoms with E-state index in [1.54, 1.807) is 36.0 Å². The number of carboxylic acids is 4. The Balaban J connectivity index is 0.000000189. The van der Waals surface area contributed by atoms with Crippen LogP contribution in [-0.4, -0.2) is 165 Å². The Bertz CT molecular complexity index is 2200. The minimum absolute atomic E-state index is 0.0639. The molecule has 0 spiro atoms. The van der Waals surface area contributed by atoms with Crippen LogP contribution in [0.5, 0.6) is 0 Å². The van der Waals surface area contributed by atoms with Gasteiger partial charge in [0.15, 0.2) is 30.9 Å². The zero-order chi connectivity index (χ0) is 55.5. The summed E-state index contributed by atoms with van der Waals surface area (Å²) in [6.45, 7) is 5.58. The number of hydrogen-bond donors (Lipinski definition) is 9. The van der Waals surface area contributed by atoms with E-state index in [0.29, 0.717) is 84.2 Å². The van der Waals surface area contributed by atoms with E-state index < -0.39 is 54.3 Å². The molecule has 0 amide bonds. The number of aliphatic carboxylic acids is 4. The van der Waals surface area contributed by atoms with Gasteiger partial charge in [-0.1, -0.05) is 72.8 Å². The van der Waals surface area contributed by atoms with E-state index in [1.165, 1.54) is 5.56 Å². The average molecular weight is 1090 g/mol. The van der Waals surface area contributed by atoms with Crippen LogP contribution in [0, 0.1) is 0 Å². The Hall–Kier alpha value is -5.90. The van der Waals surface area contributed by atoms with Crippen LogP contribution in [0.25, 0.3) is 0 Å². The summed E-state index contributed by atoms with van der Waals surface area (Å²) in [6, 6.07) is 26.4. The predicted molar refractivity (Wildman–Crippen MR) is 282 cm³/mol. The maximum absolute atomic E-state index is 12.0. The lowest BCUT2D eigenvalue weighted by atomic mass is 10.0. The number of carbonyl (C=O) groups is 5. The first-order valence-corrected chi connectivity index (χ1v) is 26.1. The maximum Gasteiger partial charge on any atom is 0.320 e. The van der Waals surface area contributed by atoms with E-state index in [-0.39, 0.29) is 37.5 Å². The molecule has 0 bridgehead atoms. The van der Waals surface area contributed by atoms with Crippen LogP contribution in [0.1, 0.15) is 51.0 Å². The summed E-state index contributed by atoms with van der Waals surface area (Å²) in [7, 11) is 0. The van der Waals surface area contributed by atoms with Gasteiger partial charge in [0.1, 0.15) is 24.2 Å². The van der Waals surface area contributed by atoms with Gasteiger partial charge in [-0.15, -0.1) is 11.8 Å².